The summed E-state index contributed by atoms with van der Waals surface area (Å²) in [6, 6.07) is 29.1. The first kappa shape index (κ1) is 30.4. The van der Waals surface area contributed by atoms with Crippen molar-refractivity contribution in [3.05, 3.63) is 108 Å². The quantitative estimate of drug-likeness (QED) is 0.174. The summed E-state index contributed by atoms with van der Waals surface area (Å²) in [7, 11) is 0. The van der Waals surface area contributed by atoms with Gasteiger partial charge < -0.3 is 4.98 Å². The van der Waals surface area contributed by atoms with E-state index in [0.717, 1.165) is 34.0 Å². The third-order valence-electron chi connectivity index (χ3n) is 6.86. The first-order chi connectivity index (χ1) is 18.9. The number of pyridine rings is 1. The van der Waals surface area contributed by atoms with Crippen LogP contribution in [0.5, 0.6) is 0 Å². The van der Waals surface area contributed by atoms with E-state index in [1.54, 1.807) is 0 Å². The molecule has 0 fully saturated rings. The Kier molecular flexibility index (Phi) is 8.73. The van der Waals surface area contributed by atoms with Gasteiger partial charge >= 0.3 is 0 Å². The zero-order valence-electron chi connectivity index (χ0n) is 25.1. The van der Waals surface area contributed by atoms with E-state index in [2.05, 4.69) is 122 Å². The van der Waals surface area contributed by atoms with Gasteiger partial charge in [0.05, 0.1) is 0 Å². The number of benzene rings is 3. The van der Waals surface area contributed by atoms with Crippen LogP contribution in [-0.4, -0.2) is 19.9 Å². The maximum Gasteiger partial charge on any atom is 0.164 e. The summed E-state index contributed by atoms with van der Waals surface area (Å²) in [5, 5.41) is 0. The predicted molar refractivity (Wildman–Crippen MR) is 165 cm³/mol. The van der Waals surface area contributed by atoms with Crippen molar-refractivity contribution in [1.82, 2.24) is 19.9 Å². The average Bonchev–Trinajstić information content (AvgIpc) is 2.91. The SMILES string of the molecule is Cc1cc(C)cc(-c2ccccc2-c2c[c-]c(-c3ccc(-c4nc(C(C)(C)C)nc(C(C)(C)C)n4)cn3)cc2)c1.[Ir]. The van der Waals surface area contributed by atoms with Crippen LogP contribution in [0.15, 0.2) is 79.0 Å². The number of nitrogens with zero attached hydrogens (tertiary/aromatic N) is 4. The van der Waals surface area contributed by atoms with Gasteiger partial charge in [0.25, 0.3) is 0 Å². The Balaban J connectivity index is 0.00000387. The third kappa shape index (κ3) is 6.86. The van der Waals surface area contributed by atoms with E-state index in [1.165, 1.54) is 27.8 Å². The van der Waals surface area contributed by atoms with Crippen molar-refractivity contribution < 1.29 is 20.1 Å². The summed E-state index contributed by atoms with van der Waals surface area (Å²) in [5.41, 5.74) is 9.63. The van der Waals surface area contributed by atoms with Crippen LogP contribution in [-0.2, 0) is 30.9 Å². The Labute approximate surface area is 258 Å². The molecule has 3 aromatic carbocycles. The van der Waals surface area contributed by atoms with Gasteiger partial charge in [-0.25, -0.2) is 15.0 Å². The topological polar surface area (TPSA) is 51.6 Å². The van der Waals surface area contributed by atoms with E-state index < -0.39 is 0 Å². The van der Waals surface area contributed by atoms with Crippen LogP contribution in [0.1, 0.15) is 64.3 Å². The van der Waals surface area contributed by atoms with Gasteiger partial charge in [-0.05, 0) is 30.7 Å². The van der Waals surface area contributed by atoms with Crippen molar-refractivity contribution >= 4 is 0 Å². The van der Waals surface area contributed by atoms with Crippen LogP contribution in [0, 0.1) is 19.9 Å². The molecule has 0 N–H and O–H groups in total. The molecule has 0 unspecified atom stereocenters. The molecule has 2 aromatic heterocycles. The molecule has 0 aliphatic heterocycles. The van der Waals surface area contributed by atoms with Crippen molar-refractivity contribution in [3.8, 4) is 44.9 Å². The normalized spacial score (nSPS) is 11.7. The second-order valence-electron chi connectivity index (χ2n) is 12.7. The van der Waals surface area contributed by atoms with Crippen LogP contribution < -0.4 is 0 Å². The molecular formula is C36H37IrN4-. The number of aromatic nitrogens is 4. The Morgan fingerprint density at radius 2 is 1.17 bits per heavy atom. The molecule has 0 saturated heterocycles. The zero-order valence-corrected chi connectivity index (χ0v) is 27.5. The third-order valence-corrected chi connectivity index (χ3v) is 6.86. The summed E-state index contributed by atoms with van der Waals surface area (Å²) in [6.45, 7) is 17.0. The van der Waals surface area contributed by atoms with E-state index >= 15 is 0 Å². The number of hydrogen-bond acceptors (Lipinski definition) is 4. The van der Waals surface area contributed by atoms with Gasteiger partial charge in [0.15, 0.2) is 5.82 Å². The summed E-state index contributed by atoms with van der Waals surface area (Å²) >= 11 is 0. The van der Waals surface area contributed by atoms with Gasteiger partial charge in [0, 0.05) is 42.7 Å². The summed E-state index contributed by atoms with van der Waals surface area (Å²) in [6.07, 6.45) is 1.85. The molecule has 0 aliphatic carbocycles. The second-order valence-corrected chi connectivity index (χ2v) is 12.7. The minimum atomic E-state index is -0.182. The zero-order chi connectivity index (χ0) is 28.7. The Hall–Kier alpha value is -3.53. The van der Waals surface area contributed by atoms with Crippen molar-refractivity contribution in [2.24, 2.45) is 0 Å². The van der Waals surface area contributed by atoms with Gasteiger partial charge in [-0.3, -0.25) is 0 Å². The van der Waals surface area contributed by atoms with Crippen molar-refractivity contribution in [2.75, 3.05) is 0 Å². The minimum absolute atomic E-state index is 0. The smallest absolute Gasteiger partial charge is 0.164 e. The fourth-order valence-corrected chi connectivity index (χ4v) is 4.73. The van der Waals surface area contributed by atoms with E-state index in [4.69, 9.17) is 19.9 Å². The van der Waals surface area contributed by atoms with Crippen molar-refractivity contribution in [2.45, 2.75) is 66.2 Å². The summed E-state index contributed by atoms with van der Waals surface area (Å²) < 4.78 is 0. The van der Waals surface area contributed by atoms with Crippen LogP contribution in [0.4, 0.5) is 0 Å². The van der Waals surface area contributed by atoms with Gasteiger partial charge in [-0.1, -0.05) is 118 Å². The standard InChI is InChI=1S/C36H37N4.Ir/c1-23-19-24(2)21-28(20-23)30-12-10-9-11-29(30)25-13-15-26(16-14-25)31-18-17-27(22-37-31)32-38-33(35(3,4)5)40-34(39-32)36(6,7)8;/h9-15,17-22H,1-8H3;/q-1;. The molecule has 4 nitrogen and oxygen atoms in total. The Bertz CT molecular complexity index is 1610. The van der Waals surface area contributed by atoms with E-state index in [0.29, 0.717) is 5.82 Å². The minimum Gasteiger partial charge on any atom is -0.304 e. The molecular weight excluding hydrogens is 681 g/mol. The molecule has 0 saturated carbocycles. The average molecular weight is 718 g/mol. The molecule has 0 atom stereocenters. The van der Waals surface area contributed by atoms with Gasteiger partial charge in [-0.2, -0.15) is 0 Å². The van der Waals surface area contributed by atoms with Gasteiger partial charge in [-0.15, -0.1) is 29.8 Å². The molecule has 1 radical (unpaired) electrons. The molecule has 5 aromatic rings. The van der Waals surface area contributed by atoms with E-state index in [-0.39, 0.29) is 30.9 Å². The molecule has 41 heavy (non-hydrogen) atoms. The largest absolute Gasteiger partial charge is 0.304 e. The molecule has 5 heteroatoms. The van der Waals surface area contributed by atoms with Crippen LogP contribution >= 0.6 is 0 Å². The molecule has 2 heterocycles. The molecule has 0 aliphatic rings. The van der Waals surface area contributed by atoms with Crippen molar-refractivity contribution in [3.63, 3.8) is 0 Å². The molecule has 0 bridgehead atoms. The first-order valence-corrected chi connectivity index (χ1v) is 13.8. The maximum atomic E-state index is 4.81. The van der Waals surface area contributed by atoms with E-state index in [1.807, 2.05) is 18.3 Å². The van der Waals surface area contributed by atoms with Crippen LogP contribution in [0.3, 0.4) is 0 Å². The molecule has 5 rings (SSSR count). The second kappa shape index (κ2) is 11.8. The van der Waals surface area contributed by atoms with E-state index in [9.17, 15) is 0 Å². The maximum absolute atomic E-state index is 4.81. The monoisotopic (exact) mass is 718 g/mol. The van der Waals surface area contributed by atoms with Gasteiger partial charge in [0.1, 0.15) is 11.6 Å². The molecule has 0 spiro atoms. The summed E-state index contributed by atoms with van der Waals surface area (Å²) in [5.74, 6) is 2.24. The van der Waals surface area contributed by atoms with Crippen LogP contribution in [0.2, 0.25) is 0 Å². The fourth-order valence-electron chi connectivity index (χ4n) is 4.73. The Morgan fingerprint density at radius 1 is 0.610 bits per heavy atom. The number of rotatable bonds is 4. The first-order valence-electron chi connectivity index (χ1n) is 13.8. The fraction of sp³-hybridized carbons (Fsp3) is 0.278. The summed E-state index contributed by atoms with van der Waals surface area (Å²) in [4.78, 5) is 19.2. The number of hydrogen-bond donors (Lipinski definition) is 0. The number of aryl methyl sites for hydroxylation is 2. The Morgan fingerprint density at radius 3 is 1.66 bits per heavy atom. The van der Waals surface area contributed by atoms with Crippen molar-refractivity contribution in [1.29, 1.82) is 0 Å². The van der Waals surface area contributed by atoms with Gasteiger partial charge in [0.2, 0.25) is 0 Å². The van der Waals surface area contributed by atoms with Crippen LogP contribution in [0.25, 0.3) is 44.9 Å². The molecule has 211 valence electrons. The molecule has 0 amide bonds. The predicted octanol–water partition coefficient (Wildman–Crippen LogP) is 8.94.